The molecule has 0 aliphatic heterocycles. The molecule has 0 saturated heterocycles. The van der Waals surface area contributed by atoms with Crippen molar-refractivity contribution in [2.75, 3.05) is 6.54 Å². The number of amides is 1. The van der Waals surface area contributed by atoms with Crippen molar-refractivity contribution in [1.82, 2.24) is 5.32 Å². The minimum atomic E-state index is -0.105. The number of nitrogens with two attached hydrogens (primary N) is 1. The predicted octanol–water partition coefficient (Wildman–Crippen LogP) is 2.06. The predicted molar refractivity (Wildman–Crippen MR) is 69.4 cm³/mol. The number of hydrogen-bond acceptors (Lipinski definition) is 2. The highest BCUT2D eigenvalue weighted by molar-refractivity contribution is 5.84. The van der Waals surface area contributed by atoms with Crippen LogP contribution >= 0.6 is 0 Å². The van der Waals surface area contributed by atoms with Crippen LogP contribution in [-0.4, -0.2) is 18.0 Å². The van der Waals surface area contributed by atoms with Gasteiger partial charge in [-0.2, -0.15) is 0 Å². The largest absolute Gasteiger partial charge is 0.349 e. The second-order valence-corrected chi connectivity index (χ2v) is 7.06. The molecule has 2 aliphatic carbocycles. The fourth-order valence-corrected chi connectivity index (χ4v) is 3.62. The van der Waals surface area contributed by atoms with E-state index in [1.54, 1.807) is 0 Å². The number of carbonyl (C=O) groups excluding carboxylic acids is 1. The lowest BCUT2D eigenvalue weighted by Gasteiger charge is -2.29. The summed E-state index contributed by atoms with van der Waals surface area (Å²) in [7, 11) is 0. The van der Waals surface area contributed by atoms with E-state index in [1.807, 2.05) is 0 Å². The summed E-state index contributed by atoms with van der Waals surface area (Å²) in [6.07, 6.45) is 4.47. The van der Waals surface area contributed by atoms with Gasteiger partial charge in [0.05, 0.1) is 5.54 Å². The van der Waals surface area contributed by atoms with Crippen LogP contribution in [0.3, 0.4) is 0 Å². The summed E-state index contributed by atoms with van der Waals surface area (Å²) < 4.78 is 0. The Bertz CT molecular complexity index is 313. The van der Waals surface area contributed by atoms with Gasteiger partial charge in [0.15, 0.2) is 0 Å². The molecule has 0 bridgehead atoms. The first kappa shape index (κ1) is 12.9. The third-order valence-corrected chi connectivity index (χ3v) is 5.62. The van der Waals surface area contributed by atoms with Crippen LogP contribution in [0.25, 0.3) is 0 Å². The highest BCUT2D eigenvalue weighted by Gasteiger charge is 2.68. The molecule has 0 radical (unpaired) electrons. The molecule has 2 fully saturated rings. The van der Waals surface area contributed by atoms with Gasteiger partial charge in [-0.15, -0.1) is 0 Å². The molecule has 0 heterocycles. The van der Waals surface area contributed by atoms with Gasteiger partial charge in [-0.05, 0) is 23.7 Å². The van der Waals surface area contributed by atoms with E-state index in [2.05, 4.69) is 33.0 Å². The van der Waals surface area contributed by atoms with Crippen molar-refractivity contribution in [2.24, 2.45) is 22.5 Å². The summed E-state index contributed by atoms with van der Waals surface area (Å²) in [5, 5.41) is 3.25. The van der Waals surface area contributed by atoms with Crippen molar-refractivity contribution >= 4 is 5.91 Å². The zero-order valence-electron chi connectivity index (χ0n) is 11.6. The van der Waals surface area contributed by atoms with Crippen molar-refractivity contribution in [2.45, 2.75) is 58.9 Å². The van der Waals surface area contributed by atoms with Gasteiger partial charge < -0.3 is 11.1 Å². The Kier molecular flexibility index (Phi) is 2.81. The first-order valence-electron chi connectivity index (χ1n) is 6.79. The molecule has 3 N–H and O–H groups in total. The number of carbonyl (C=O) groups is 1. The van der Waals surface area contributed by atoms with Crippen molar-refractivity contribution in [3.8, 4) is 0 Å². The maximum Gasteiger partial charge on any atom is 0.224 e. The minimum Gasteiger partial charge on any atom is -0.349 e. The Hall–Kier alpha value is -0.570. The fourth-order valence-electron chi connectivity index (χ4n) is 3.62. The third kappa shape index (κ3) is 1.79. The van der Waals surface area contributed by atoms with Gasteiger partial charge in [0, 0.05) is 12.5 Å². The van der Waals surface area contributed by atoms with Crippen LogP contribution in [0.1, 0.15) is 53.4 Å². The Labute approximate surface area is 105 Å². The molecule has 0 aromatic heterocycles. The Morgan fingerprint density at radius 3 is 2.00 bits per heavy atom. The van der Waals surface area contributed by atoms with Crippen LogP contribution < -0.4 is 11.1 Å². The monoisotopic (exact) mass is 238 g/mol. The van der Waals surface area contributed by atoms with Gasteiger partial charge in [0.1, 0.15) is 0 Å². The normalized spacial score (nSPS) is 29.0. The molecular weight excluding hydrogens is 212 g/mol. The quantitative estimate of drug-likeness (QED) is 0.790. The molecule has 2 aliphatic rings. The van der Waals surface area contributed by atoms with Gasteiger partial charge in [-0.25, -0.2) is 0 Å². The summed E-state index contributed by atoms with van der Waals surface area (Å²) in [5.41, 5.74) is 5.99. The first-order chi connectivity index (χ1) is 7.77. The van der Waals surface area contributed by atoms with Crippen LogP contribution in [0.15, 0.2) is 0 Å². The molecule has 0 unspecified atom stereocenters. The van der Waals surface area contributed by atoms with Crippen LogP contribution in [0.4, 0.5) is 0 Å². The maximum absolute atomic E-state index is 12.4. The number of hydrogen-bond donors (Lipinski definition) is 2. The van der Waals surface area contributed by atoms with Crippen molar-refractivity contribution in [3.05, 3.63) is 0 Å². The standard InChI is InChI=1S/C14H26N2O/c1-12(2)10(13(12,3)4)11(17)16-14(9-15)7-5-6-8-14/h10H,5-9,15H2,1-4H3,(H,16,17). The summed E-state index contributed by atoms with van der Waals surface area (Å²) in [5.74, 6) is 0.353. The molecular formula is C14H26N2O. The molecule has 3 nitrogen and oxygen atoms in total. The molecule has 0 atom stereocenters. The van der Waals surface area contributed by atoms with Crippen LogP contribution in [0, 0.1) is 16.7 Å². The van der Waals surface area contributed by atoms with Gasteiger partial charge in [-0.1, -0.05) is 40.5 Å². The summed E-state index contributed by atoms with van der Waals surface area (Å²) in [4.78, 5) is 12.4. The van der Waals surface area contributed by atoms with E-state index in [-0.39, 0.29) is 28.2 Å². The van der Waals surface area contributed by atoms with Gasteiger partial charge >= 0.3 is 0 Å². The lowest BCUT2D eigenvalue weighted by molar-refractivity contribution is -0.125. The Morgan fingerprint density at radius 1 is 1.18 bits per heavy atom. The lowest BCUT2D eigenvalue weighted by Crippen LogP contribution is -2.52. The van der Waals surface area contributed by atoms with E-state index >= 15 is 0 Å². The third-order valence-electron chi connectivity index (χ3n) is 5.62. The molecule has 2 saturated carbocycles. The first-order valence-corrected chi connectivity index (χ1v) is 6.79. The molecule has 98 valence electrons. The second kappa shape index (κ2) is 3.71. The zero-order chi connectivity index (χ0) is 12.9. The molecule has 0 aromatic rings. The van der Waals surface area contributed by atoms with Gasteiger partial charge in [-0.3, -0.25) is 4.79 Å². The highest BCUT2D eigenvalue weighted by atomic mass is 16.2. The average Bonchev–Trinajstić information content (AvgIpc) is 2.58. The smallest absolute Gasteiger partial charge is 0.224 e. The molecule has 1 amide bonds. The Balaban J connectivity index is 2.04. The van der Waals surface area contributed by atoms with E-state index in [4.69, 9.17) is 5.73 Å². The number of nitrogens with one attached hydrogen (secondary N) is 1. The maximum atomic E-state index is 12.4. The lowest BCUT2D eigenvalue weighted by atomic mass is 9.97. The molecule has 0 spiro atoms. The van der Waals surface area contributed by atoms with Crippen LogP contribution in [0.2, 0.25) is 0 Å². The highest BCUT2D eigenvalue weighted by Crippen LogP contribution is 2.68. The van der Waals surface area contributed by atoms with E-state index < -0.39 is 0 Å². The van der Waals surface area contributed by atoms with Crippen LogP contribution in [0.5, 0.6) is 0 Å². The second-order valence-electron chi connectivity index (χ2n) is 7.06. The number of rotatable bonds is 3. The van der Waals surface area contributed by atoms with E-state index in [9.17, 15) is 4.79 Å². The molecule has 3 heteroatoms. The topological polar surface area (TPSA) is 55.1 Å². The minimum absolute atomic E-state index is 0.105. The van der Waals surface area contributed by atoms with Crippen LogP contribution in [-0.2, 0) is 4.79 Å². The summed E-state index contributed by atoms with van der Waals surface area (Å²) in [6, 6.07) is 0. The summed E-state index contributed by atoms with van der Waals surface area (Å²) in [6.45, 7) is 9.30. The zero-order valence-corrected chi connectivity index (χ0v) is 11.6. The fraction of sp³-hybridized carbons (Fsp3) is 0.929. The van der Waals surface area contributed by atoms with Crippen molar-refractivity contribution < 1.29 is 4.79 Å². The summed E-state index contributed by atoms with van der Waals surface area (Å²) >= 11 is 0. The van der Waals surface area contributed by atoms with E-state index in [1.165, 1.54) is 12.8 Å². The molecule has 17 heavy (non-hydrogen) atoms. The van der Waals surface area contributed by atoms with E-state index in [0.29, 0.717) is 6.54 Å². The van der Waals surface area contributed by atoms with Crippen molar-refractivity contribution in [1.29, 1.82) is 0 Å². The van der Waals surface area contributed by atoms with Crippen molar-refractivity contribution in [3.63, 3.8) is 0 Å². The molecule has 0 aromatic carbocycles. The SMILES string of the molecule is CC1(C)C(C(=O)NC2(CN)CCCC2)C1(C)C. The van der Waals surface area contributed by atoms with Gasteiger partial charge in [0.2, 0.25) is 5.91 Å². The average molecular weight is 238 g/mol. The van der Waals surface area contributed by atoms with E-state index in [0.717, 1.165) is 12.8 Å². The Morgan fingerprint density at radius 2 is 1.65 bits per heavy atom. The molecule has 2 rings (SSSR count). The van der Waals surface area contributed by atoms with Gasteiger partial charge in [0.25, 0.3) is 0 Å².